The topological polar surface area (TPSA) is 81.0 Å². The number of hydrogen-bond donors (Lipinski definition) is 1. The van der Waals surface area contributed by atoms with Gasteiger partial charge in [0.25, 0.3) is 5.91 Å². The first-order valence-electron chi connectivity index (χ1n) is 12.4. The van der Waals surface area contributed by atoms with E-state index in [4.69, 9.17) is 21.1 Å². The van der Waals surface area contributed by atoms with Crippen molar-refractivity contribution < 1.29 is 24.2 Å². The summed E-state index contributed by atoms with van der Waals surface area (Å²) in [6.07, 6.45) is -0.331. The fourth-order valence-corrected chi connectivity index (χ4v) is 5.27. The highest BCUT2D eigenvalue weighted by Gasteiger charge is 2.25. The van der Waals surface area contributed by atoms with Crippen LogP contribution in [-0.4, -0.2) is 47.9 Å². The van der Waals surface area contributed by atoms with Gasteiger partial charge in [-0.05, 0) is 86.0 Å². The van der Waals surface area contributed by atoms with Gasteiger partial charge in [0.1, 0.15) is 24.2 Å². The second kappa shape index (κ2) is 10.1. The molecule has 38 heavy (non-hydrogen) atoms. The Hall–Kier alpha value is -3.97. The molecule has 0 saturated heterocycles. The standard InChI is InChI=1S/C30H29ClN2O5/c1-17-5-10-28-27(11-17)32(4)15-22(38-28)16-37-21-7-8-23(18(2)12-21)30(36)33-19(3)24(14-29(34)35)25-13-20(31)6-9-26(25)33/h5-13,22H,14-16H2,1-4H3,(H,34,35)/t22-/m0/s1. The smallest absolute Gasteiger partial charge is 0.307 e. The lowest BCUT2D eigenvalue weighted by Gasteiger charge is -2.34. The molecule has 0 spiro atoms. The summed E-state index contributed by atoms with van der Waals surface area (Å²) in [6, 6.07) is 16.7. The summed E-state index contributed by atoms with van der Waals surface area (Å²) in [4.78, 5) is 27.4. The molecule has 1 aliphatic rings. The molecule has 4 aromatic rings. The first-order chi connectivity index (χ1) is 18.1. The number of carboxylic acid groups (broad SMARTS) is 1. The van der Waals surface area contributed by atoms with E-state index in [-0.39, 0.29) is 18.4 Å². The third-order valence-electron chi connectivity index (χ3n) is 6.99. The summed E-state index contributed by atoms with van der Waals surface area (Å²) in [6.45, 7) is 6.75. The molecule has 0 saturated carbocycles. The van der Waals surface area contributed by atoms with Crippen LogP contribution in [0.1, 0.15) is 32.7 Å². The van der Waals surface area contributed by atoms with Gasteiger partial charge in [0.2, 0.25) is 0 Å². The molecule has 2 heterocycles. The molecule has 0 amide bonds. The molecule has 0 bridgehead atoms. The number of hydrogen-bond acceptors (Lipinski definition) is 5. The summed E-state index contributed by atoms with van der Waals surface area (Å²) in [7, 11) is 2.04. The Kier molecular flexibility index (Phi) is 6.80. The number of likely N-dealkylation sites (N-methyl/N-ethyl adjacent to an activating group) is 1. The van der Waals surface area contributed by atoms with Crippen molar-refractivity contribution in [2.24, 2.45) is 0 Å². The number of fused-ring (bicyclic) bond motifs is 2. The minimum atomic E-state index is -0.969. The highest BCUT2D eigenvalue weighted by Crippen LogP contribution is 2.34. The zero-order valence-electron chi connectivity index (χ0n) is 21.7. The SMILES string of the molecule is Cc1ccc2c(c1)N(C)C[C@@H](COc1ccc(C(=O)n3c(C)c(CC(=O)O)c4cc(Cl)ccc43)c(C)c1)O2. The maximum Gasteiger partial charge on any atom is 0.307 e. The molecule has 0 radical (unpaired) electrons. The predicted octanol–water partition coefficient (Wildman–Crippen LogP) is 5.81. The van der Waals surface area contributed by atoms with Gasteiger partial charge in [-0.3, -0.25) is 14.2 Å². The molecule has 0 unspecified atom stereocenters. The van der Waals surface area contributed by atoms with Crippen molar-refractivity contribution in [3.8, 4) is 11.5 Å². The van der Waals surface area contributed by atoms with Gasteiger partial charge >= 0.3 is 5.97 Å². The van der Waals surface area contributed by atoms with Crippen LogP contribution in [0.3, 0.4) is 0 Å². The lowest BCUT2D eigenvalue weighted by Crippen LogP contribution is -2.41. The van der Waals surface area contributed by atoms with Gasteiger partial charge in [-0.15, -0.1) is 0 Å². The third-order valence-corrected chi connectivity index (χ3v) is 7.22. The van der Waals surface area contributed by atoms with E-state index in [1.54, 1.807) is 41.8 Å². The predicted molar refractivity (Wildman–Crippen MR) is 148 cm³/mol. The lowest BCUT2D eigenvalue weighted by atomic mass is 10.1. The summed E-state index contributed by atoms with van der Waals surface area (Å²) in [5, 5.41) is 10.6. The van der Waals surface area contributed by atoms with Gasteiger partial charge in [0, 0.05) is 28.7 Å². The van der Waals surface area contributed by atoms with Crippen molar-refractivity contribution in [2.75, 3.05) is 25.1 Å². The van der Waals surface area contributed by atoms with E-state index in [1.165, 1.54) is 5.56 Å². The van der Waals surface area contributed by atoms with Gasteiger partial charge in [-0.2, -0.15) is 0 Å². The first kappa shape index (κ1) is 25.7. The van der Waals surface area contributed by atoms with Crippen LogP contribution >= 0.6 is 11.6 Å². The fourth-order valence-electron chi connectivity index (χ4n) is 5.10. The summed E-state index contributed by atoms with van der Waals surface area (Å²) in [5.74, 6) is 0.282. The number of aromatic nitrogens is 1. The average molecular weight is 533 g/mol. The third kappa shape index (κ3) is 4.82. The Morgan fingerprint density at radius 3 is 2.61 bits per heavy atom. The highest BCUT2D eigenvalue weighted by atomic mass is 35.5. The normalized spacial score (nSPS) is 14.8. The molecule has 1 aromatic heterocycles. The second-order valence-electron chi connectivity index (χ2n) is 9.82. The van der Waals surface area contributed by atoms with Crippen LogP contribution in [0.2, 0.25) is 5.02 Å². The number of aryl methyl sites for hydroxylation is 2. The number of carboxylic acids is 1. The number of halogens is 1. The first-order valence-corrected chi connectivity index (χ1v) is 12.8. The van der Waals surface area contributed by atoms with E-state index in [2.05, 4.69) is 17.9 Å². The molecule has 1 N–H and O–H groups in total. The monoisotopic (exact) mass is 532 g/mol. The van der Waals surface area contributed by atoms with Crippen LogP contribution in [0.15, 0.2) is 54.6 Å². The Morgan fingerprint density at radius 1 is 1.08 bits per heavy atom. The number of rotatable bonds is 6. The molecule has 8 heteroatoms. The van der Waals surface area contributed by atoms with Gasteiger partial charge in [-0.1, -0.05) is 17.7 Å². The molecular weight excluding hydrogens is 504 g/mol. The van der Waals surface area contributed by atoms with Crippen molar-refractivity contribution in [1.29, 1.82) is 0 Å². The van der Waals surface area contributed by atoms with Crippen LogP contribution in [0, 0.1) is 20.8 Å². The Balaban J connectivity index is 1.36. The summed E-state index contributed by atoms with van der Waals surface area (Å²) < 4.78 is 13.8. The Labute approximate surface area is 226 Å². The number of ether oxygens (including phenoxy) is 2. The van der Waals surface area contributed by atoms with Gasteiger partial charge in [0.05, 0.1) is 24.2 Å². The van der Waals surface area contributed by atoms with Gasteiger partial charge < -0.3 is 19.5 Å². The van der Waals surface area contributed by atoms with E-state index in [9.17, 15) is 14.7 Å². The van der Waals surface area contributed by atoms with Crippen molar-refractivity contribution in [2.45, 2.75) is 33.3 Å². The Morgan fingerprint density at radius 2 is 1.87 bits per heavy atom. The summed E-state index contributed by atoms with van der Waals surface area (Å²) >= 11 is 6.19. The summed E-state index contributed by atoms with van der Waals surface area (Å²) in [5.41, 5.74) is 5.31. The average Bonchev–Trinajstić information content (AvgIpc) is 3.13. The maximum atomic E-state index is 13.7. The van der Waals surface area contributed by atoms with E-state index >= 15 is 0 Å². The van der Waals surface area contributed by atoms with Gasteiger partial charge in [0.15, 0.2) is 0 Å². The number of carbonyl (C=O) groups excluding carboxylic acids is 1. The molecule has 196 valence electrons. The van der Waals surface area contributed by atoms with E-state index in [0.717, 1.165) is 17.0 Å². The Bertz CT molecular complexity index is 1570. The van der Waals surface area contributed by atoms with Crippen LogP contribution in [-0.2, 0) is 11.2 Å². The number of nitrogens with zero attached hydrogens (tertiary/aromatic N) is 2. The zero-order chi connectivity index (χ0) is 27.1. The number of anilines is 1. The molecule has 1 atom stereocenters. The van der Waals surface area contributed by atoms with Crippen molar-refractivity contribution in [3.63, 3.8) is 0 Å². The lowest BCUT2D eigenvalue weighted by molar-refractivity contribution is -0.136. The van der Waals surface area contributed by atoms with Crippen LogP contribution in [0.25, 0.3) is 10.9 Å². The largest absolute Gasteiger partial charge is 0.490 e. The molecule has 0 fully saturated rings. The number of benzene rings is 3. The quantitative estimate of drug-likeness (QED) is 0.337. The van der Waals surface area contributed by atoms with Crippen LogP contribution in [0.5, 0.6) is 11.5 Å². The van der Waals surface area contributed by atoms with Crippen molar-refractivity contribution >= 4 is 40.1 Å². The number of aliphatic carboxylic acids is 1. The molecule has 7 nitrogen and oxygen atoms in total. The van der Waals surface area contributed by atoms with E-state index in [1.807, 2.05) is 32.2 Å². The van der Waals surface area contributed by atoms with Crippen molar-refractivity contribution in [3.05, 3.63) is 87.6 Å². The number of carbonyl (C=O) groups is 2. The molecule has 3 aromatic carbocycles. The fraction of sp³-hybridized carbons (Fsp3) is 0.267. The molecule has 1 aliphatic heterocycles. The van der Waals surface area contributed by atoms with Crippen molar-refractivity contribution in [1.82, 2.24) is 4.57 Å². The minimum absolute atomic E-state index is 0.134. The zero-order valence-corrected chi connectivity index (χ0v) is 22.5. The molecular formula is C30H29ClN2O5. The highest BCUT2D eigenvalue weighted by molar-refractivity contribution is 6.31. The second-order valence-corrected chi connectivity index (χ2v) is 10.3. The molecule has 0 aliphatic carbocycles. The van der Waals surface area contributed by atoms with Crippen LogP contribution in [0.4, 0.5) is 5.69 Å². The van der Waals surface area contributed by atoms with E-state index < -0.39 is 5.97 Å². The van der Waals surface area contributed by atoms with E-state index in [0.29, 0.717) is 51.6 Å². The maximum absolute atomic E-state index is 13.7. The molecule has 5 rings (SSSR count). The minimum Gasteiger partial charge on any atom is -0.490 e. The van der Waals surface area contributed by atoms with Crippen LogP contribution < -0.4 is 14.4 Å². The van der Waals surface area contributed by atoms with Gasteiger partial charge in [-0.25, -0.2) is 0 Å².